The lowest BCUT2D eigenvalue weighted by molar-refractivity contribution is -0.139. The van der Waals surface area contributed by atoms with Crippen molar-refractivity contribution in [3.8, 4) is 5.75 Å². The molecule has 3 aromatic rings. The van der Waals surface area contributed by atoms with E-state index in [4.69, 9.17) is 4.74 Å². The summed E-state index contributed by atoms with van der Waals surface area (Å²) in [6.45, 7) is 2.65. The number of alkyl halides is 1. The highest BCUT2D eigenvalue weighted by Crippen LogP contribution is 2.67. The number of ether oxygens (including phenoxy) is 1. The van der Waals surface area contributed by atoms with Crippen LogP contribution in [-0.2, 0) is 21.1 Å². The van der Waals surface area contributed by atoms with E-state index in [1.807, 2.05) is 31.2 Å². The predicted octanol–water partition coefficient (Wildman–Crippen LogP) is 2.39. The van der Waals surface area contributed by atoms with Crippen molar-refractivity contribution >= 4 is 62.1 Å². The molecule has 0 radical (unpaired) electrons. The van der Waals surface area contributed by atoms with Crippen LogP contribution in [0.4, 0.5) is 5.69 Å². The van der Waals surface area contributed by atoms with Crippen LogP contribution in [0.25, 0.3) is 11.0 Å². The van der Waals surface area contributed by atoms with Crippen LogP contribution in [-0.4, -0.2) is 83.3 Å². The van der Waals surface area contributed by atoms with Gasteiger partial charge < -0.3 is 25.4 Å². The number of rotatable bonds is 10. The van der Waals surface area contributed by atoms with E-state index in [-0.39, 0.29) is 47.6 Å². The molecule has 3 fully saturated rings. The molecule has 3 saturated heterocycles. The monoisotopic (exact) mass is 642 g/mol. The van der Waals surface area contributed by atoms with Crippen LogP contribution in [0.5, 0.6) is 5.75 Å². The van der Waals surface area contributed by atoms with Gasteiger partial charge in [0.25, 0.3) is 0 Å². The Balaban J connectivity index is 1.26. The minimum Gasteiger partial charge on any atom is -0.494 e. The highest BCUT2D eigenvalue weighted by Gasteiger charge is 2.75. The van der Waals surface area contributed by atoms with Gasteiger partial charge in [-0.3, -0.25) is 14.4 Å². The first-order valence-corrected chi connectivity index (χ1v) is 15.5. The summed E-state index contributed by atoms with van der Waals surface area (Å²) in [6, 6.07) is 13.8. The number of hydrogen-bond acceptors (Lipinski definition) is 8. The summed E-state index contributed by atoms with van der Waals surface area (Å²) < 4.78 is 6.33. The van der Waals surface area contributed by atoms with Gasteiger partial charge in [0.15, 0.2) is 0 Å². The summed E-state index contributed by atoms with van der Waals surface area (Å²) in [5.41, 5.74) is 2.11. The lowest BCUT2D eigenvalue weighted by Gasteiger charge is -2.35. The van der Waals surface area contributed by atoms with E-state index in [2.05, 4.69) is 36.9 Å². The standard InChI is InChI=1S/C28H31BrN6O5S/c1-2-40-17-10-8-16(9-11-17)31-25(37)21-22-27(39)34(12-5-13-36)24(28(22)14-18(29)23(21)41-28)26(38)30-15-35-20-7-4-3-6-19(20)32-33-35/h3-4,6-11,18,21-24,36H,2,5,12-15H2,1H3,(H,30,38)(H,31,37)/t18?,21-,22+,23-,24?,28?/m1/s1. The van der Waals surface area contributed by atoms with Crippen molar-refractivity contribution in [2.75, 3.05) is 25.1 Å². The number of fused-ring (bicyclic) bond motifs is 2. The first-order chi connectivity index (χ1) is 19.9. The average molecular weight is 644 g/mol. The van der Waals surface area contributed by atoms with E-state index >= 15 is 0 Å². The molecule has 3 aliphatic rings. The second-order valence-corrected chi connectivity index (χ2v) is 13.2. The molecule has 6 atom stereocenters. The Morgan fingerprint density at radius 2 is 1.98 bits per heavy atom. The first kappa shape index (κ1) is 28.0. The van der Waals surface area contributed by atoms with Gasteiger partial charge in [0.05, 0.1) is 28.7 Å². The number of hydrogen-bond donors (Lipinski definition) is 3. The molecular formula is C28H31BrN6O5S. The molecule has 0 saturated carbocycles. The van der Waals surface area contributed by atoms with Crippen LogP contribution in [0.1, 0.15) is 19.8 Å². The van der Waals surface area contributed by atoms with Gasteiger partial charge in [-0.25, -0.2) is 4.68 Å². The third-order valence-corrected chi connectivity index (χ3v) is 11.4. The molecule has 3 N–H and O–H groups in total. The smallest absolute Gasteiger partial charge is 0.245 e. The third kappa shape index (κ3) is 4.77. The van der Waals surface area contributed by atoms with Crippen molar-refractivity contribution in [1.29, 1.82) is 0 Å². The van der Waals surface area contributed by atoms with Gasteiger partial charge in [0.1, 0.15) is 24.0 Å². The van der Waals surface area contributed by atoms with Crippen LogP contribution < -0.4 is 15.4 Å². The van der Waals surface area contributed by atoms with Crippen LogP contribution in [0, 0.1) is 11.8 Å². The Bertz CT molecular complexity index is 1470. The zero-order valence-electron chi connectivity index (χ0n) is 22.4. The number of amides is 3. The fraction of sp³-hybridized carbons (Fsp3) is 0.464. The second-order valence-electron chi connectivity index (χ2n) is 10.5. The zero-order chi connectivity index (χ0) is 28.7. The molecule has 13 heteroatoms. The fourth-order valence-corrected chi connectivity index (χ4v) is 10.1. The van der Waals surface area contributed by atoms with Gasteiger partial charge in [-0.15, -0.1) is 16.9 Å². The molecule has 2 bridgehead atoms. The predicted molar refractivity (Wildman–Crippen MR) is 158 cm³/mol. The van der Waals surface area contributed by atoms with Gasteiger partial charge in [-0.1, -0.05) is 33.3 Å². The van der Waals surface area contributed by atoms with Crippen molar-refractivity contribution in [3.05, 3.63) is 48.5 Å². The largest absolute Gasteiger partial charge is 0.494 e. The Morgan fingerprint density at radius 1 is 1.20 bits per heavy atom. The lowest BCUT2D eigenvalue weighted by Crippen LogP contribution is -2.54. The van der Waals surface area contributed by atoms with Crippen molar-refractivity contribution in [3.63, 3.8) is 0 Å². The molecule has 3 aliphatic heterocycles. The SMILES string of the molecule is CCOc1ccc(NC(=O)[C@H]2[C@@H]3SC4(CC3Br)C(C(=O)NCn3nnc5ccccc53)N(CCCO)C(=O)[C@H]24)cc1. The molecule has 1 spiro atoms. The Kier molecular flexibility index (Phi) is 7.68. The van der Waals surface area contributed by atoms with E-state index in [0.29, 0.717) is 30.9 Å². The lowest BCUT2D eigenvalue weighted by atomic mass is 9.70. The van der Waals surface area contributed by atoms with Crippen molar-refractivity contribution < 1.29 is 24.2 Å². The molecule has 1 aromatic heterocycles. The molecule has 4 heterocycles. The first-order valence-electron chi connectivity index (χ1n) is 13.7. The van der Waals surface area contributed by atoms with E-state index in [1.165, 1.54) is 0 Å². The normalized spacial score (nSPS) is 28.2. The molecule has 6 rings (SSSR count). The Hall–Kier alpha value is -3.16. The zero-order valence-corrected chi connectivity index (χ0v) is 24.8. The van der Waals surface area contributed by atoms with Gasteiger partial charge in [0.2, 0.25) is 17.7 Å². The summed E-state index contributed by atoms with van der Waals surface area (Å²) in [4.78, 5) is 43.2. The summed E-state index contributed by atoms with van der Waals surface area (Å²) in [7, 11) is 0. The number of aromatic nitrogens is 3. The fourth-order valence-electron chi connectivity index (χ4n) is 6.52. The van der Waals surface area contributed by atoms with Gasteiger partial charge >= 0.3 is 0 Å². The number of likely N-dealkylation sites (tertiary alicyclic amines) is 1. The van der Waals surface area contributed by atoms with Gasteiger partial charge in [-0.05, 0) is 56.2 Å². The molecule has 3 amide bonds. The summed E-state index contributed by atoms with van der Waals surface area (Å²) in [5, 5.41) is 23.7. The van der Waals surface area contributed by atoms with Crippen LogP contribution in [0.15, 0.2) is 48.5 Å². The Labute approximate surface area is 249 Å². The average Bonchev–Trinajstić information content (AvgIpc) is 3.69. The van der Waals surface area contributed by atoms with E-state index in [1.54, 1.807) is 45.6 Å². The highest BCUT2D eigenvalue weighted by molar-refractivity contribution is 9.09. The molecule has 216 valence electrons. The summed E-state index contributed by atoms with van der Waals surface area (Å²) >= 11 is 5.34. The number of aliphatic hydroxyl groups is 1. The van der Waals surface area contributed by atoms with Crippen molar-refractivity contribution in [2.45, 2.75) is 47.3 Å². The number of thioether (sulfide) groups is 1. The molecular weight excluding hydrogens is 612 g/mol. The third-order valence-electron chi connectivity index (χ3n) is 8.15. The molecule has 0 aliphatic carbocycles. The van der Waals surface area contributed by atoms with Gasteiger partial charge in [0, 0.05) is 28.9 Å². The Morgan fingerprint density at radius 3 is 2.73 bits per heavy atom. The highest BCUT2D eigenvalue weighted by atomic mass is 79.9. The number of carbonyl (C=O) groups is 3. The minimum absolute atomic E-state index is 0.0417. The van der Waals surface area contributed by atoms with Crippen LogP contribution in [0.2, 0.25) is 0 Å². The van der Waals surface area contributed by atoms with Crippen molar-refractivity contribution in [1.82, 2.24) is 25.2 Å². The quantitative estimate of drug-likeness (QED) is 0.287. The number of anilines is 1. The van der Waals surface area contributed by atoms with E-state index in [9.17, 15) is 19.5 Å². The number of carbonyl (C=O) groups excluding carboxylic acids is 3. The maximum Gasteiger partial charge on any atom is 0.245 e. The molecule has 11 nitrogen and oxygen atoms in total. The molecule has 3 unspecified atom stereocenters. The number of halogens is 1. The van der Waals surface area contributed by atoms with Crippen LogP contribution >= 0.6 is 27.7 Å². The number of nitrogens with zero attached hydrogens (tertiary/aromatic N) is 4. The van der Waals surface area contributed by atoms with Crippen LogP contribution in [0.3, 0.4) is 0 Å². The number of nitrogens with one attached hydrogen (secondary N) is 2. The van der Waals surface area contributed by atoms with Crippen molar-refractivity contribution in [2.24, 2.45) is 11.8 Å². The number of aliphatic hydroxyl groups excluding tert-OH is 1. The number of para-hydroxylation sites is 1. The van der Waals surface area contributed by atoms with Gasteiger partial charge in [-0.2, -0.15) is 0 Å². The number of benzene rings is 2. The molecule has 2 aromatic carbocycles. The second kappa shape index (κ2) is 11.3. The van der Waals surface area contributed by atoms with E-state index < -0.39 is 22.6 Å². The topological polar surface area (TPSA) is 139 Å². The maximum absolute atomic E-state index is 14.0. The molecule has 41 heavy (non-hydrogen) atoms. The summed E-state index contributed by atoms with van der Waals surface area (Å²) in [5.74, 6) is -1.33. The summed E-state index contributed by atoms with van der Waals surface area (Å²) in [6.07, 6.45) is 0.909. The van der Waals surface area contributed by atoms with E-state index in [0.717, 1.165) is 11.0 Å². The minimum atomic E-state index is -0.792. The maximum atomic E-state index is 14.0.